The van der Waals surface area contributed by atoms with Gasteiger partial charge in [0.15, 0.2) is 5.96 Å². The van der Waals surface area contributed by atoms with E-state index in [9.17, 15) is 27.9 Å². The van der Waals surface area contributed by atoms with E-state index in [-0.39, 0.29) is 29.9 Å². The number of likely N-dealkylation sites (tertiary alicyclic amines) is 2. The van der Waals surface area contributed by atoms with E-state index in [1.54, 1.807) is 23.1 Å². The Kier molecular flexibility index (Phi) is 8.70. The number of carboxylic acid groups (broad SMARTS) is 1. The van der Waals surface area contributed by atoms with Crippen molar-refractivity contribution in [1.82, 2.24) is 19.8 Å². The second-order valence-electron chi connectivity index (χ2n) is 10.1. The summed E-state index contributed by atoms with van der Waals surface area (Å²) in [5.74, 6) is -2.47. The molecule has 3 atom stereocenters. The van der Waals surface area contributed by atoms with Crippen molar-refractivity contribution in [3.8, 4) is 0 Å². The number of guanidine groups is 1. The number of carbonyl (C=O) groups excluding carboxylic acids is 2. The first kappa shape index (κ1) is 28.3. The minimum absolute atomic E-state index is 0.00461. The van der Waals surface area contributed by atoms with Crippen molar-refractivity contribution >= 4 is 44.5 Å². The van der Waals surface area contributed by atoms with Crippen molar-refractivity contribution < 1.29 is 27.9 Å². The van der Waals surface area contributed by atoms with Crippen LogP contribution in [0.5, 0.6) is 0 Å². The first-order valence-corrected chi connectivity index (χ1v) is 14.4. The van der Waals surface area contributed by atoms with Gasteiger partial charge in [0.05, 0.1) is 11.3 Å². The summed E-state index contributed by atoms with van der Waals surface area (Å²) in [5, 5.41) is 21.4. The van der Waals surface area contributed by atoms with Gasteiger partial charge in [-0.1, -0.05) is 30.3 Å². The van der Waals surface area contributed by atoms with Crippen molar-refractivity contribution in [3.63, 3.8) is 0 Å². The monoisotopic (exact) mass is 558 g/mol. The van der Waals surface area contributed by atoms with Crippen molar-refractivity contribution in [1.29, 1.82) is 5.41 Å². The molecule has 0 bridgehead atoms. The zero-order chi connectivity index (χ0) is 28.2. The smallest absolute Gasteiger partial charge is 0.326 e. The maximum atomic E-state index is 13.3. The predicted octanol–water partition coefficient (Wildman–Crippen LogP) is 0.674. The fourth-order valence-electron chi connectivity index (χ4n) is 5.21. The van der Waals surface area contributed by atoms with Gasteiger partial charge in [0.25, 0.3) is 0 Å². The van der Waals surface area contributed by atoms with Crippen LogP contribution in [0.2, 0.25) is 0 Å². The van der Waals surface area contributed by atoms with E-state index in [2.05, 4.69) is 10.0 Å². The summed E-state index contributed by atoms with van der Waals surface area (Å²) in [6, 6.07) is 9.39. The minimum atomic E-state index is -4.21. The summed E-state index contributed by atoms with van der Waals surface area (Å²) in [5.41, 5.74) is 5.60. The lowest BCUT2D eigenvalue weighted by molar-refractivity contribution is -0.148. The SMILES string of the molecule is N=C(N)N1CCCC(CNC(=O)[C@@H](CC(=O)N2CCC[C@H]2C(=O)O)NS(=O)(=O)c2ccc3ccccc3c2)C1. The highest BCUT2D eigenvalue weighted by Gasteiger charge is 2.37. The molecule has 39 heavy (non-hydrogen) atoms. The molecule has 2 heterocycles. The number of carbonyl (C=O) groups is 3. The molecule has 0 radical (unpaired) electrons. The van der Waals surface area contributed by atoms with E-state index < -0.39 is 46.3 Å². The highest BCUT2D eigenvalue weighted by atomic mass is 32.2. The number of sulfonamides is 1. The second-order valence-corrected chi connectivity index (χ2v) is 11.8. The van der Waals surface area contributed by atoms with Crippen molar-refractivity contribution in [2.24, 2.45) is 11.7 Å². The van der Waals surface area contributed by atoms with E-state index in [4.69, 9.17) is 11.1 Å². The number of piperidine rings is 1. The molecule has 12 nitrogen and oxygen atoms in total. The van der Waals surface area contributed by atoms with Crippen LogP contribution in [0.3, 0.4) is 0 Å². The number of nitrogens with zero attached hydrogens (tertiary/aromatic N) is 2. The number of rotatable bonds is 9. The molecule has 13 heteroatoms. The van der Waals surface area contributed by atoms with Crippen molar-refractivity contribution in [3.05, 3.63) is 42.5 Å². The molecule has 2 aromatic carbocycles. The summed E-state index contributed by atoms with van der Waals surface area (Å²) in [6.07, 6.45) is 1.88. The Morgan fingerprint density at radius 1 is 1.08 bits per heavy atom. The van der Waals surface area contributed by atoms with Crippen molar-refractivity contribution in [2.75, 3.05) is 26.2 Å². The fourth-order valence-corrected chi connectivity index (χ4v) is 6.44. The van der Waals surface area contributed by atoms with Crippen LogP contribution in [-0.2, 0) is 24.4 Å². The van der Waals surface area contributed by atoms with Gasteiger partial charge in [-0.3, -0.25) is 15.0 Å². The molecule has 4 rings (SSSR count). The first-order chi connectivity index (χ1) is 18.5. The van der Waals surface area contributed by atoms with E-state index in [0.717, 1.165) is 18.2 Å². The predicted molar refractivity (Wildman–Crippen MR) is 144 cm³/mol. The molecule has 2 aliphatic heterocycles. The number of amides is 2. The molecule has 6 N–H and O–H groups in total. The normalized spacial score (nSPS) is 20.5. The standard InChI is InChI=1S/C26H34N6O6S/c27-26(28)31-11-3-5-17(16-31)15-29-24(34)21(14-23(33)32-12-4-8-22(32)25(35)36)30-39(37,38)20-10-9-18-6-1-2-7-19(18)13-20/h1-2,6-7,9-10,13,17,21-22,30H,3-5,8,11-12,14-16H2,(H3,27,28)(H,29,34)(H,35,36)/t17?,21-,22+/m1/s1. The number of carboxylic acids is 1. The molecule has 210 valence electrons. The highest BCUT2D eigenvalue weighted by molar-refractivity contribution is 7.89. The molecular formula is C26H34N6O6S. The van der Waals surface area contributed by atoms with Gasteiger partial charge in [-0.2, -0.15) is 4.72 Å². The Hall–Kier alpha value is -3.71. The van der Waals surface area contributed by atoms with E-state index in [0.29, 0.717) is 31.3 Å². The lowest BCUT2D eigenvalue weighted by atomic mass is 9.98. The minimum Gasteiger partial charge on any atom is -0.480 e. The quantitative estimate of drug-likeness (QED) is 0.219. The molecule has 0 aliphatic carbocycles. The summed E-state index contributed by atoms with van der Waals surface area (Å²) in [6.45, 7) is 1.58. The third-order valence-corrected chi connectivity index (χ3v) is 8.78. The van der Waals surface area contributed by atoms with Crippen LogP contribution in [0.4, 0.5) is 0 Å². The fraction of sp³-hybridized carbons (Fsp3) is 0.462. The number of aliphatic carboxylic acids is 1. The summed E-state index contributed by atoms with van der Waals surface area (Å²) >= 11 is 0. The van der Waals surface area contributed by atoms with Crippen LogP contribution >= 0.6 is 0 Å². The van der Waals surface area contributed by atoms with Crippen LogP contribution < -0.4 is 15.8 Å². The van der Waals surface area contributed by atoms with Crippen LogP contribution in [0.25, 0.3) is 10.8 Å². The largest absolute Gasteiger partial charge is 0.480 e. The molecule has 2 saturated heterocycles. The number of fused-ring (bicyclic) bond motifs is 1. The number of nitrogens with one attached hydrogen (secondary N) is 3. The number of hydrogen-bond donors (Lipinski definition) is 5. The zero-order valence-corrected chi connectivity index (χ0v) is 22.3. The molecule has 0 aromatic heterocycles. The zero-order valence-electron chi connectivity index (χ0n) is 21.5. The topological polar surface area (TPSA) is 186 Å². The molecule has 0 saturated carbocycles. The van der Waals surface area contributed by atoms with Crippen LogP contribution in [0, 0.1) is 11.3 Å². The number of hydrogen-bond acceptors (Lipinski definition) is 6. The van der Waals surface area contributed by atoms with Gasteiger partial charge in [0, 0.05) is 26.2 Å². The van der Waals surface area contributed by atoms with Gasteiger partial charge in [-0.25, -0.2) is 13.2 Å². The van der Waals surface area contributed by atoms with E-state index in [1.165, 1.54) is 17.0 Å². The van der Waals surface area contributed by atoms with Gasteiger partial charge in [-0.05, 0) is 54.5 Å². The Labute approximate surface area is 227 Å². The average molecular weight is 559 g/mol. The third-order valence-electron chi connectivity index (χ3n) is 7.31. The Bertz CT molecular complexity index is 1370. The number of nitrogens with two attached hydrogens (primary N) is 1. The Morgan fingerprint density at radius 3 is 2.51 bits per heavy atom. The van der Waals surface area contributed by atoms with Gasteiger partial charge >= 0.3 is 5.97 Å². The molecule has 1 unspecified atom stereocenters. The number of benzene rings is 2. The maximum absolute atomic E-state index is 13.3. The molecular weight excluding hydrogens is 524 g/mol. The van der Waals surface area contributed by atoms with Gasteiger partial charge in [0.1, 0.15) is 12.1 Å². The maximum Gasteiger partial charge on any atom is 0.326 e. The summed E-state index contributed by atoms with van der Waals surface area (Å²) in [7, 11) is -4.21. The summed E-state index contributed by atoms with van der Waals surface area (Å²) in [4.78, 5) is 40.8. The van der Waals surface area contributed by atoms with E-state index in [1.807, 2.05) is 12.1 Å². The Morgan fingerprint density at radius 2 is 1.79 bits per heavy atom. The van der Waals surface area contributed by atoms with Gasteiger partial charge in [0.2, 0.25) is 21.8 Å². The lowest BCUT2D eigenvalue weighted by Gasteiger charge is -2.33. The summed E-state index contributed by atoms with van der Waals surface area (Å²) < 4.78 is 29.1. The average Bonchev–Trinajstić information content (AvgIpc) is 3.42. The van der Waals surface area contributed by atoms with Gasteiger partial charge < -0.3 is 26.0 Å². The van der Waals surface area contributed by atoms with Crippen molar-refractivity contribution in [2.45, 2.75) is 49.1 Å². The third kappa shape index (κ3) is 6.84. The molecule has 2 amide bonds. The first-order valence-electron chi connectivity index (χ1n) is 13.0. The van der Waals surface area contributed by atoms with E-state index >= 15 is 0 Å². The van der Waals surface area contributed by atoms with Crippen LogP contribution in [0.15, 0.2) is 47.4 Å². The highest BCUT2D eigenvalue weighted by Crippen LogP contribution is 2.22. The molecule has 2 aromatic rings. The molecule has 2 aliphatic rings. The Balaban J connectivity index is 1.52. The second kappa shape index (κ2) is 12.0. The molecule has 2 fully saturated rings. The van der Waals surface area contributed by atoms with Gasteiger partial charge in [-0.15, -0.1) is 0 Å². The lowest BCUT2D eigenvalue weighted by Crippen LogP contribution is -2.52. The molecule has 0 spiro atoms. The van der Waals surface area contributed by atoms with Crippen LogP contribution in [0.1, 0.15) is 32.1 Å². The van der Waals surface area contributed by atoms with Crippen LogP contribution in [-0.4, -0.2) is 85.3 Å².